The van der Waals surface area contributed by atoms with Gasteiger partial charge in [-0.05, 0) is 37.1 Å². The first-order chi connectivity index (χ1) is 7.37. The van der Waals surface area contributed by atoms with Crippen molar-refractivity contribution >= 4 is 11.6 Å². The second-order valence-corrected chi connectivity index (χ2v) is 7.12. The molecule has 1 rings (SSSR count). The van der Waals surface area contributed by atoms with E-state index in [0.717, 1.165) is 18.3 Å². The Hall–Kier alpha value is 0.250. The average Bonchev–Trinajstić information content (AvgIpc) is 2.16. The van der Waals surface area contributed by atoms with Crippen LogP contribution in [0.1, 0.15) is 59.8 Å². The Labute approximate surface area is 106 Å². The maximum absolute atomic E-state index is 6.19. The Balaban J connectivity index is 2.41. The lowest BCUT2D eigenvalue weighted by molar-refractivity contribution is 0.200. The van der Waals surface area contributed by atoms with Crippen molar-refractivity contribution in [1.29, 1.82) is 0 Å². The lowest BCUT2D eigenvalue weighted by Crippen LogP contribution is -2.50. The summed E-state index contributed by atoms with van der Waals surface area (Å²) in [6.45, 7) is 10.3. The number of hydrogen-bond donors (Lipinski definition) is 1. The third-order valence-corrected chi connectivity index (χ3v) is 4.23. The third-order valence-electron chi connectivity index (χ3n) is 3.72. The monoisotopic (exact) mass is 245 g/mol. The van der Waals surface area contributed by atoms with Crippen LogP contribution < -0.4 is 5.32 Å². The zero-order chi connectivity index (χ0) is 12.2. The maximum Gasteiger partial charge on any atom is 0.0406 e. The molecule has 0 saturated heterocycles. The molecule has 0 aromatic heterocycles. The Morgan fingerprint density at radius 3 is 2.56 bits per heavy atom. The fourth-order valence-electron chi connectivity index (χ4n) is 2.69. The van der Waals surface area contributed by atoms with Crippen LogP contribution in [0.3, 0.4) is 0 Å². The highest BCUT2D eigenvalue weighted by Crippen LogP contribution is 2.33. The van der Waals surface area contributed by atoms with E-state index in [4.69, 9.17) is 11.6 Å². The summed E-state index contributed by atoms with van der Waals surface area (Å²) in [6, 6.07) is 0. The van der Waals surface area contributed by atoms with Gasteiger partial charge in [0.05, 0.1) is 0 Å². The third kappa shape index (κ3) is 4.63. The van der Waals surface area contributed by atoms with Gasteiger partial charge in [0.25, 0.3) is 0 Å². The molecule has 0 aromatic carbocycles. The summed E-state index contributed by atoms with van der Waals surface area (Å²) >= 11 is 6.19. The number of halogens is 1. The van der Waals surface area contributed by atoms with Crippen LogP contribution in [0.5, 0.6) is 0 Å². The summed E-state index contributed by atoms with van der Waals surface area (Å²) in [7, 11) is 0. The van der Waals surface area contributed by atoms with Gasteiger partial charge in [0.2, 0.25) is 0 Å². The lowest BCUT2D eigenvalue weighted by Gasteiger charge is -2.40. The molecule has 1 nitrogen and oxygen atoms in total. The molecule has 0 amide bonds. The Kier molecular flexibility index (Phi) is 5.12. The SMILES string of the molecule is CC1CCCC(CCl)(NCCC(C)(C)C)C1. The largest absolute Gasteiger partial charge is 0.310 e. The van der Waals surface area contributed by atoms with Gasteiger partial charge >= 0.3 is 0 Å². The molecule has 16 heavy (non-hydrogen) atoms. The molecule has 0 radical (unpaired) electrons. The van der Waals surface area contributed by atoms with E-state index in [9.17, 15) is 0 Å². The van der Waals surface area contributed by atoms with Crippen LogP contribution in [-0.2, 0) is 0 Å². The molecule has 0 spiro atoms. The van der Waals surface area contributed by atoms with Crippen molar-refractivity contribution in [2.45, 2.75) is 65.3 Å². The first-order valence-corrected chi connectivity index (χ1v) is 7.21. The first-order valence-electron chi connectivity index (χ1n) is 6.68. The molecule has 1 aliphatic carbocycles. The normalized spacial score (nSPS) is 31.7. The Morgan fingerprint density at radius 2 is 2.06 bits per heavy atom. The predicted octanol–water partition coefficient (Wildman–Crippen LogP) is 4.20. The van der Waals surface area contributed by atoms with Crippen LogP contribution >= 0.6 is 11.6 Å². The zero-order valence-corrected chi connectivity index (χ0v) is 12.2. The van der Waals surface area contributed by atoms with E-state index in [1.165, 1.54) is 32.1 Å². The van der Waals surface area contributed by atoms with Gasteiger partial charge in [0, 0.05) is 11.4 Å². The molecule has 0 aliphatic heterocycles. The minimum Gasteiger partial charge on any atom is -0.310 e. The van der Waals surface area contributed by atoms with E-state index in [1.807, 2.05) is 0 Å². The molecule has 96 valence electrons. The van der Waals surface area contributed by atoms with Gasteiger partial charge in [-0.15, -0.1) is 11.6 Å². The number of alkyl halides is 1. The quantitative estimate of drug-likeness (QED) is 0.732. The Morgan fingerprint density at radius 1 is 1.38 bits per heavy atom. The molecule has 0 aromatic rings. The van der Waals surface area contributed by atoms with Gasteiger partial charge < -0.3 is 5.32 Å². The van der Waals surface area contributed by atoms with E-state index >= 15 is 0 Å². The van der Waals surface area contributed by atoms with Crippen LogP contribution in [0.15, 0.2) is 0 Å². The van der Waals surface area contributed by atoms with E-state index in [2.05, 4.69) is 33.0 Å². The predicted molar refractivity (Wildman–Crippen MR) is 73.2 cm³/mol. The number of rotatable bonds is 4. The lowest BCUT2D eigenvalue weighted by atomic mass is 9.77. The van der Waals surface area contributed by atoms with Gasteiger partial charge in [-0.2, -0.15) is 0 Å². The summed E-state index contributed by atoms with van der Waals surface area (Å²) in [4.78, 5) is 0. The zero-order valence-electron chi connectivity index (χ0n) is 11.4. The highest BCUT2D eigenvalue weighted by Gasteiger charge is 2.33. The van der Waals surface area contributed by atoms with Gasteiger partial charge in [-0.25, -0.2) is 0 Å². The highest BCUT2D eigenvalue weighted by atomic mass is 35.5. The van der Waals surface area contributed by atoms with Gasteiger partial charge in [-0.3, -0.25) is 0 Å². The molecular weight excluding hydrogens is 218 g/mol. The minimum absolute atomic E-state index is 0.227. The van der Waals surface area contributed by atoms with Crippen molar-refractivity contribution in [3.8, 4) is 0 Å². The van der Waals surface area contributed by atoms with Crippen LogP contribution in [-0.4, -0.2) is 18.0 Å². The summed E-state index contributed by atoms with van der Waals surface area (Å²) in [5.41, 5.74) is 0.644. The van der Waals surface area contributed by atoms with Crippen molar-refractivity contribution in [1.82, 2.24) is 5.32 Å². The van der Waals surface area contributed by atoms with Crippen LogP contribution in [0, 0.1) is 11.3 Å². The summed E-state index contributed by atoms with van der Waals surface area (Å²) in [5.74, 6) is 1.59. The molecule has 0 heterocycles. The fourth-order valence-corrected chi connectivity index (χ4v) is 3.03. The average molecular weight is 246 g/mol. The molecule has 1 N–H and O–H groups in total. The molecular formula is C14H28ClN. The van der Waals surface area contributed by atoms with Crippen LogP contribution in [0.4, 0.5) is 0 Å². The molecule has 2 unspecified atom stereocenters. The van der Waals surface area contributed by atoms with E-state index in [0.29, 0.717) is 5.41 Å². The molecule has 0 bridgehead atoms. The molecule has 2 heteroatoms. The van der Waals surface area contributed by atoms with E-state index < -0.39 is 0 Å². The standard InChI is InChI=1S/C14H28ClN/c1-12-6-5-7-14(10-12,11-15)16-9-8-13(2,3)4/h12,16H,5-11H2,1-4H3. The Bertz CT molecular complexity index is 209. The molecule has 1 fully saturated rings. The van der Waals surface area contributed by atoms with Crippen molar-refractivity contribution in [3.63, 3.8) is 0 Å². The van der Waals surface area contributed by atoms with Crippen molar-refractivity contribution < 1.29 is 0 Å². The van der Waals surface area contributed by atoms with E-state index in [-0.39, 0.29) is 5.54 Å². The van der Waals surface area contributed by atoms with Crippen molar-refractivity contribution in [2.75, 3.05) is 12.4 Å². The topological polar surface area (TPSA) is 12.0 Å². The smallest absolute Gasteiger partial charge is 0.0406 e. The van der Waals surface area contributed by atoms with Gasteiger partial charge in [0.15, 0.2) is 0 Å². The number of hydrogen-bond acceptors (Lipinski definition) is 1. The summed E-state index contributed by atoms with van der Waals surface area (Å²) in [5, 5.41) is 3.74. The van der Waals surface area contributed by atoms with E-state index in [1.54, 1.807) is 0 Å². The second kappa shape index (κ2) is 5.73. The summed E-state index contributed by atoms with van der Waals surface area (Å²) in [6.07, 6.45) is 6.43. The van der Waals surface area contributed by atoms with Gasteiger partial charge in [-0.1, -0.05) is 40.5 Å². The summed E-state index contributed by atoms with van der Waals surface area (Å²) < 4.78 is 0. The fraction of sp³-hybridized carbons (Fsp3) is 1.00. The van der Waals surface area contributed by atoms with Crippen molar-refractivity contribution in [3.05, 3.63) is 0 Å². The van der Waals surface area contributed by atoms with Crippen molar-refractivity contribution in [2.24, 2.45) is 11.3 Å². The molecule has 2 atom stereocenters. The maximum atomic E-state index is 6.19. The molecule has 1 aliphatic rings. The highest BCUT2D eigenvalue weighted by molar-refractivity contribution is 6.18. The van der Waals surface area contributed by atoms with Crippen LogP contribution in [0.2, 0.25) is 0 Å². The first kappa shape index (κ1) is 14.3. The molecule has 1 saturated carbocycles. The minimum atomic E-state index is 0.227. The van der Waals surface area contributed by atoms with Gasteiger partial charge in [0.1, 0.15) is 0 Å². The van der Waals surface area contributed by atoms with Crippen LogP contribution in [0.25, 0.3) is 0 Å². The number of nitrogens with one attached hydrogen (secondary N) is 1. The second-order valence-electron chi connectivity index (χ2n) is 6.85.